The first-order chi connectivity index (χ1) is 14.5. The molecule has 3 heterocycles. The van der Waals surface area contributed by atoms with Crippen molar-refractivity contribution in [2.45, 2.75) is 31.7 Å². The van der Waals surface area contributed by atoms with Gasteiger partial charge < -0.3 is 15.2 Å². The first-order valence-electron chi connectivity index (χ1n) is 9.80. The van der Waals surface area contributed by atoms with E-state index in [1.54, 1.807) is 42.1 Å². The number of aryl methyl sites for hydroxylation is 1. The Balaban J connectivity index is 1.53. The van der Waals surface area contributed by atoms with E-state index in [0.29, 0.717) is 29.7 Å². The highest BCUT2D eigenvalue weighted by Crippen LogP contribution is 2.29. The third-order valence-electron chi connectivity index (χ3n) is 5.25. The molecule has 1 amide bonds. The van der Waals surface area contributed by atoms with E-state index in [1.807, 2.05) is 12.3 Å². The molecule has 156 valence electrons. The second kappa shape index (κ2) is 8.73. The molecule has 2 aromatic heterocycles. The molecule has 30 heavy (non-hydrogen) atoms. The number of aliphatic hydroxyl groups excluding tert-OH is 1. The SMILES string of the molecule is Cc1cnc(C(=O)N[C@H]2CCOC[C@@H]2O)cc1C(F)c1ccc(-n2cccn2)cc1. The van der Waals surface area contributed by atoms with E-state index in [9.17, 15) is 9.90 Å². The summed E-state index contributed by atoms with van der Waals surface area (Å²) in [5.74, 6) is -0.441. The average molecular weight is 410 g/mol. The predicted octanol–water partition coefficient (Wildman–Crippen LogP) is 2.51. The highest BCUT2D eigenvalue weighted by atomic mass is 19.1. The molecule has 0 aliphatic carbocycles. The molecular weight excluding hydrogens is 387 g/mol. The molecule has 7 nitrogen and oxygen atoms in total. The van der Waals surface area contributed by atoms with E-state index in [-0.39, 0.29) is 12.3 Å². The molecule has 2 N–H and O–H groups in total. The maximum Gasteiger partial charge on any atom is 0.270 e. The van der Waals surface area contributed by atoms with Crippen LogP contribution in [0.3, 0.4) is 0 Å². The molecule has 1 unspecified atom stereocenters. The second-order valence-electron chi connectivity index (χ2n) is 7.34. The van der Waals surface area contributed by atoms with Crippen LogP contribution in [0.1, 0.15) is 39.8 Å². The molecule has 1 fully saturated rings. The quantitative estimate of drug-likeness (QED) is 0.675. The van der Waals surface area contributed by atoms with Crippen LogP contribution in [0.15, 0.2) is 55.0 Å². The zero-order valence-electron chi connectivity index (χ0n) is 16.5. The Labute approximate surface area is 173 Å². The van der Waals surface area contributed by atoms with Crippen LogP contribution >= 0.6 is 0 Å². The number of hydrogen-bond acceptors (Lipinski definition) is 5. The number of nitrogens with one attached hydrogen (secondary N) is 1. The number of nitrogens with zero attached hydrogens (tertiary/aromatic N) is 3. The Morgan fingerprint density at radius 1 is 1.37 bits per heavy atom. The van der Waals surface area contributed by atoms with Gasteiger partial charge in [0.15, 0.2) is 6.17 Å². The van der Waals surface area contributed by atoms with Crippen LogP contribution in [0, 0.1) is 6.92 Å². The van der Waals surface area contributed by atoms with Crippen LogP contribution in [-0.2, 0) is 4.74 Å². The smallest absolute Gasteiger partial charge is 0.270 e. The van der Waals surface area contributed by atoms with Crippen molar-refractivity contribution in [1.82, 2.24) is 20.1 Å². The molecule has 0 spiro atoms. The minimum absolute atomic E-state index is 0.116. The van der Waals surface area contributed by atoms with E-state index < -0.39 is 24.2 Å². The molecule has 1 saturated heterocycles. The molecule has 1 aromatic carbocycles. The van der Waals surface area contributed by atoms with Gasteiger partial charge in [0, 0.05) is 25.2 Å². The van der Waals surface area contributed by atoms with E-state index in [1.165, 1.54) is 12.3 Å². The first-order valence-corrected chi connectivity index (χ1v) is 9.80. The lowest BCUT2D eigenvalue weighted by Crippen LogP contribution is -2.48. The summed E-state index contributed by atoms with van der Waals surface area (Å²) in [5.41, 5.74) is 2.46. The van der Waals surface area contributed by atoms with Crippen molar-refractivity contribution in [2.24, 2.45) is 0 Å². The third kappa shape index (κ3) is 4.24. The van der Waals surface area contributed by atoms with Crippen molar-refractivity contribution >= 4 is 5.91 Å². The van der Waals surface area contributed by atoms with Gasteiger partial charge in [0.2, 0.25) is 0 Å². The standard InChI is InChI=1S/C22H23FN4O3/c1-14-12-24-19(22(29)26-18-7-10-30-13-20(18)28)11-17(14)21(23)15-3-5-16(6-4-15)27-9-2-8-25-27/h2-6,8-9,11-12,18,20-21,28H,7,10,13H2,1H3,(H,26,29)/t18-,20-,21?/m0/s1. The minimum Gasteiger partial charge on any atom is -0.389 e. The number of benzene rings is 1. The number of carbonyl (C=O) groups excluding carboxylic acids is 1. The summed E-state index contributed by atoms with van der Waals surface area (Å²) in [6.07, 6.45) is 3.33. The van der Waals surface area contributed by atoms with Crippen LogP contribution in [-0.4, -0.2) is 51.1 Å². The number of hydrogen-bond donors (Lipinski definition) is 2. The highest BCUT2D eigenvalue weighted by molar-refractivity contribution is 5.92. The number of amides is 1. The van der Waals surface area contributed by atoms with Gasteiger partial charge in [-0.1, -0.05) is 12.1 Å². The van der Waals surface area contributed by atoms with Crippen LogP contribution in [0.2, 0.25) is 0 Å². The van der Waals surface area contributed by atoms with Gasteiger partial charge in [-0.2, -0.15) is 5.10 Å². The molecular formula is C22H23FN4O3. The Hall–Kier alpha value is -3.10. The number of alkyl halides is 1. The zero-order valence-corrected chi connectivity index (χ0v) is 16.5. The molecule has 0 radical (unpaired) electrons. The van der Waals surface area contributed by atoms with Crippen LogP contribution in [0.5, 0.6) is 0 Å². The molecule has 1 aliphatic heterocycles. The molecule has 8 heteroatoms. The summed E-state index contributed by atoms with van der Waals surface area (Å²) in [5, 5.41) is 16.9. The summed E-state index contributed by atoms with van der Waals surface area (Å²) in [4.78, 5) is 16.7. The van der Waals surface area contributed by atoms with Gasteiger partial charge in [-0.15, -0.1) is 0 Å². The monoisotopic (exact) mass is 410 g/mol. The maximum atomic E-state index is 15.3. The van der Waals surface area contributed by atoms with Crippen molar-refractivity contribution in [3.05, 3.63) is 77.4 Å². The number of aromatic nitrogens is 3. The molecule has 3 aromatic rings. The summed E-state index contributed by atoms with van der Waals surface area (Å²) in [6.45, 7) is 2.41. The van der Waals surface area contributed by atoms with Crippen molar-refractivity contribution in [1.29, 1.82) is 0 Å². The Bertz CT molecular complexity index is 1010. The number of pyridine rings is 1. The molecule has 1 aliphatic rings. The average Bonchev–Trinajstić information content (AvgIpc) is 3.30. The fourth-order valence-corrected chi connectivity index (χ4v) is 3.47. The Kier molecular flexibility index (Phi) is 5.87. The van der Waals surface area contributed by atoms with E-state index in [0.717, 1.165) is 5.69 Å². The summed E-state index contributed by atoms with van der Waals surface area (Å²) < 4.78 is 22.2. The molecule has 0 saturated carbocycles. The number of carbonyl (C=O) groups is 1. The summed E-state index contributed by atoms with van der Waals surface area (Å²) >= 11 is 0. The van der Waals surface area contributed by atoms with Gasteiger partial charge in [-0.25, -0.2) is 9.07 Å². The van der Waals surface area contributed by atoms with Gasteiger partial charge in [0.25, 0.3) is 5.91 Å². The molecule has 3 atom stereocenters. The van der Waals surface area contributed by atoms with E-state index in [4.69, 9.17) is 4.74 Å². The topological polar surface area (TPSA) is 89.3 Å². The number of halogens is 1. The minimum atomic E-state index is -1.40. The van der Waals surface area contributed by atoms with Crippen molar-refractivity contribution in [3.63, 3.8) is 0 Å². The highest BCUT2D eigenvalue weighted by Gasteiger charge is 2.26. The van der Waals surface area contributed by atoms with E-state index >= 15 is 4.39 Å². The lowest BCUT2D eigenvalue weighted by molar-refractivity contribution is -0.0261. The molecule has 0 bridgehead atoms. The normalized spacial score (nSPS) is 20.0. The first kappa shape index (κ1) is 20.2. The fraction of sp³-hybridized carbons (Fsp3) is 0.318. The van der Waals surface area contributed by atoms with Crippen molar-refractivity contribution in [2.75, 3.05) is 13.2 Å². The van der Waals surface area contributed by atoms with Gasteiger partial charge in [0.05, 0.1) is 24.4 Å². The van der Waals surface area contributed by atoms with Crippen LogP contribution in [0.4, 0.5) is 4.39 Å². The Morgan fingerprint density at radius 2 is 2.17 bits per heavy atom. The van der Waals surface area contributed by atoms with Crippen molar-refractivity contribution in [3.8, 4) is 5.69 Å². The zero-order chi connectivity index (χ0) is 21.1. The number of aliphatic hydroxyl groups is 1. The number of rotatable bonds is 5. The number of ether oxygens (including phenoxy) is 1. The van der Waals surface area contributed by atoms with Crippen LogP contribution < -0.4 is 5.32 Å². The lowest BCUT2D eigenvalue weighted by Gasteiger charge is -2.28. The predicted molar refractivity (Wildman–Crippen MR) is 108 cm³/mol. The van der Waals surface area contributed by atoms with E-state index in [2.05, 4.69) is 15.4 Å². The van der Waals surface area contributed by atoms with Gasteiger partial charge >= 0.3 is 0 Å². The second-order valence-corrected chi connectivity index (χ2v) is 7.34. The molecule has 4 rings (SSSR count). The fourth-order valence-electron chi connectivity index (χ4n) is 3.47. The van der Waals surface area contributed by atoms with Crippen LogP contribution in [0.25, 0.3) is 5.69 Å². The van der Waals surface area contributed by atoms with Crippen molar-refractivity contribution < 1.29 is 19.0 Å². The summed E-state index contributed by atoms with van der Waals surface area (Å²) in [7, 11) is 0. The van der Waals surface area contributed by atoms with Gasteiger partial charge in [-0.05, 0) is 54.3 Å². The Morgan fingerprint density at radius 3 is 2.87 bits per heavy atom. The maximum absolute atomic E-state index is 15.3. The largest absolute Gasteiger partial charge is 0.389 e. The third-order valence-corrected chi connectivity index (χ3v) is 5.25. The summed E-state index contributed by atoms with van der Waals surface area (Å²) in [6, 6.07) is 9.89. The van der Waals surface area contributed by atoms with Gasteiger partial charge in [0.1, 0.15) is 5.69 Å². The van der Waals surface area contributed by atoms with Gasteiger partial charge in [-0.3, -0.25) is 9.78 Å². The lowest BCUT2D eigenvalue weighted by atomic mass is 9.98.